The summed E-state index contributed by atoms with van der Waals surface area (Å²) in [5, 5.41) is 3.13. The van der Waals surface area contributed by atoms with E-state index >= 15 is 0 Å². The summed E-state index contributed by atoms with van der Waals surface area (Å²) in [5.41, 5.74) is 0. The first-order chi connectivity index (χ1) is 5.33. The van der Waals surface area contributed by atoms with Gasteiger partial charge in [0.05, 0.1) is 6.04 Å². The molecule has 1 N–H and O–H groups in total. The lowest BCUT2D eigenvalue weighted by molar-refractivity contribution is -0.109. The largest absolute Gasteiger partial charge is 0.302 e. The minimum atomic E-state index is -0.00407. The van der Waals surface area contributed by atoms with E-state index in [0.717, 1.165) is 13.0 Å². The summed E-state index contributed by atoms with van der Waals surface area (Å²) in [6.07, 6.45) is 3.55. The van der Waals surface area contributed by atoms with E-state index in [0.29, 0.717) is 0 Å². The molecule has 1 aliphatic heterocycles. The Balaban J connectivity index is 2.06. The maximum Gasteiger partial charge on any atom is 0.136 e. The van der Waals surface area contributed by atoms with E-state index in [4.69, 9.17) is 0 Å². The van der Waals surface area contributed by atoms with Gasteiger partial charge in [0.15, 0.2) is 0 Å². The first kappa shape index (κ1) is 8.68. The summed E-state index contributed by atoms with van der Waals surface area (Å²) in [6.45, 7) is 5.10. The SMILES string of the molecule is CC(C=O)NCN1CCCC1. The highest BCUT2D eigenvalue weighted by Gasteiger charge is 2.10. The number of rotatable bonds is 4. The normalized spacial score (nSPS) is 21.9. The van der Waals surface area contributed by atoms with Gasteiger partial charge < -0.3 is 4.79 Å². The van der Waals surface area contributed by atoms with E-state index in [1.165, 1.54) is 25.9 Å². The molecule has 0 aromatic carbocycles. The van der Waals surface area contributed by atoms with E-state index in [-0.39, 0.29) is 6.04 Å². The molecule has 0 aromatic heterocycles. The molecule has 1 rings (SSSR count). The highest BCUT2D eigenvalue weighted by Crippen LogP contribution is 2.04. The number of nitrogens with one attached hydrogen (secondary N) is 1. The Kier molecular flexibility index (Phi) is 3.52. The van der Waals surface area contributed by atoms with Gasteiger partial charge in [0.1, 0.15) is 6.29 Å². The van der Waals surface area contributed by atoms with Crippen molar-refractivity contribution in [3.63, 3.8) is 0 Å². The van der Waals surface area contributed by atoms with Gasteiger partial charge in [-0.15, -0.1) is 0 Å². The van der Waals surface area contributed by atoms with Crippen molar-refractivity contribution in [2.75, 3.05) is 19.8 Å². The minimum absolute atomic E-state index is 0.00407. The lowest BCUT2D eigenvalue weighted by atomic mass is 10.4. The molecule has 3 nitrogen and oxygen atoms in total. The standard InChI is InChI=1S/C8H16N2O/c1-8(6-11)9-7-10-4-2-3-5-10/h6,8-9H,2-5,7H2,1H3. The van der Waals surface area contributed by atoms with Gasteiger partial charge in [0, 0.05) is 6.67 Å². The van der Waals surface area contributed by atoms with Crippen LogP contribution in [0.15, 0.2) is 0 Å². The number of likely N-dealkylation sites (tertiary alicyclic amines) is 1. The van der Waals surface area contributed by atoms with Crippen LogP contribution in [0.25, 0.3) is 0 Å². The third-order valence-electron chi connectivity index (χ3n) is 2.04. The fourth-order valence-electron chi connectivity index (χ4n) is 1.26. The van der Waals surface area contributed by atoms with E-state index in [2.05, 4.69) is 10.2 Å². The van der Waals surface area contributed by atoms with Crippen LogP contribution in [0.4, 0.5) is 0 Å². The van der Waals surface area contributed by atoms with E-state index in [1.54, 1.807) is 0 Å². The molecule has 0 amide bonds. The van der Waals surface area contributed by atoms with Gasteiger partial charge in [0.2, 0.25) is 0 Å². The van der Waals surface area contributed by atoms with Crippen molar-refractivity contribution in [3.05, 3.63) is 0 Å². The lowest BCUT2D eigenvalue weighted by Gasteiger charge is -2.16. The highest BCUT2D eigenvalue weighted by molar-refractivity contribution is 5.56. The Hall–Kier alpha value is -0.410. The van der Waals surface area contributed by atoms with E-state index in [1.807, 2.05) is 6.92 Å². The summed E-state index contributed by atoms with van der Waals surface area (Å²) < 4.78 is 0. The van der Waals surface area contributed by atoms with Crippen LogP contribution in [0.3, 0.4) is 0 Å². The van der Waals surface area contributed by atoms with Gasteiger partial charge >= 0.3 is 0 Å². The van der Waals surface area contributed by atoms with Gasteiger partial charge in [-0.1, -0.05) is 0 Å². The molecule has 64 valence electrons. The first-order valence-corrected chi connectivity index (χ1v) is 4.24. The molecular formula is C8H16N2O. The molecule has 0 saturated carbocycles. The number of carbonyl (C=O) groups is 1. The predicted octanol–water partition coefficient (Wildman–Crippen LogP) is 0.217. The van der Waals surface area contributed by atoms with Gasteiger partial charge in [-0.05, 0) is 32.9 Å². The lowest BCUT2D eigenvalue weighted by Crippen LogP contribution is -2.37. The Morgan fingerprint density at radius 1 is 1.55 bits per heavy atom. The summed E-state index contributed by atoms with van der Waals surface area (Å²) in [5.74, 6) is 0. The molecular weight excluding hydrogens is 140 g/mol. The van der Waals surface area contributed by atoms with Crippen molar-refractivity contribution >= 4 is 6.29 Å². The van der Waals surface area contributed by atoms with Crippen LogP contribution in [0.1, 0.15) is 19.8 Å². The van der Waals surface area contributed by atoms with Gasteiger partial charge in [0.25, 0.3) is 0 Å². The number of carbonyl (C=O) groups excluding carboxylic acids is 1. The zero-order chi connectivity index (χ0) is 8.10. The molecule has 0 bridgehead atoms. The fraction of sp³-hybridized carbons (Fsp3) is 0.875. The predicted molar refractivity (Wildman–Crippen MR) is 44.3 cm³/mol. The van der Waals surface area contributed by atoms with Crippen molar-refractivity contribution < 1.29 is 4.79 Å². The zero-order valence-electron chi connectivity index (χ0n) is 7.05. The fourth-order valence-corrected chi connectivity index (χ4v) is 1.26. The zero-order valence-corrected chi connectivity index (χ0v) is 7.05. The van der Waals surface area contributed by atoms with Crippen LogP contribution in [-0.4, -0.2) is 37.0 Å². The Bertz CT molecular complexity index is 121. The molecule has 0 radical (unpaired) electrons. The minimum Gasteiger partial charge on any atom is -0.302 e. The Labute approximate surface area is 67.8 Å². The number of hydrogen-bond donors (Lipinski definition) is 1. The van der Waals surface area contributed by atoms with Crippen LogP contribution in [0.5, 0.6) is 0 Å². The second-order valence-electron chi connectivity index (χ2n) is 3.11. The average Bonchev–Trinajstić information content (AvgIpc) is 2.52. The Morgan fingerprint density at radius 2 is 2.18 bits per heavy atom. The molecule has 1 fully saturated rings. The van der Waals surface area contributed by atoms with Crippen LogP contribution in [0, 0.1) is 0 Å². The van der Waals surface area contributed by atoms with Crippen molar-refractivity contribution in [2.24, 2.45) is 0 Å². The molecule has 1 heterocycles. The molecule has 0 aliphatic carbocycles. The second kappa shape index (κ2) is 4.46. The Morgan fingerprint density at radius 3 is 2.73 bits per heavy atom. The average molecular weight is 156 g/mol. The molecule has 0 aromatic rings. The van der Waals surface area contributed by atoms with E-state index < -0.39 is 0 Å². The molecule has 1 atom stereocenters. The van der Waals surface area contributed by atoms with Crippen molar-refractivity contribution in [1.82, 2.24) is 10.2 Å². The van der Waals surface area contributed by atoms with Crippen molar-refractivity contribution in [1.29, 1.82) is 0 Å². The summed E-state index contributed by atoms with van der Waals surface area (Å²) >= 11 is 0. The van der Waals surface area contributed by atoms with Crippen LogP contribution in [0.2, 0.25) is 0 Å². The maximum absolute atomic E-state index is 10.2. The van der Waals surface area contributed by atoms with Crippen molar-refractivity contribution in [3.8, 4) is 0 Å². The van der Waals surface area contributed by atoms with Crippen LogP contribution >= 0.6 is 0 Å². The number of aldehydes is 1. The maximum atomic E-state index is 10.2. The smallest absolute Gasteiger partial charge is 0.136 e. The first-order valence-electron chi connectivity index (χ1n) is 4.24. The van der Waals surface area contributed by atoms with Gasteiger partial charge in [-0.2, -0.15) is 0 Å². The van der Waals surface area contributed by atoms with E-state index in [9.17, 15) is 4.79 Å². The van der Waals surface area contributed by atoms with Crippen molar-refractivity contribution in [2.45, 2.75) is 25.8 Å². The molecule has 1 saturated heterocycles. The summed E-state index contributed by atoms with van der Waals surface area (Å²) in [6, 6.07) is -0.00407. The number of nitrogens with zero attached hydrogens (tertiary/aromatic N) is 1. The highest BCUT2D eigenvalue weighted by atomic mass is 16.1. The molecule has 0 spiro atoms. The van der Waals surface area contributed by atoms with Crippen LogP contribution < -0.4 is 5.32 Å². The number of hydrogen-bond acceptors (Lipinski definition) is 3. The monoisotopic (exact) mass is 156 g/mol. The van der Waals surface area contributed by atoms with Crippen LogP contribution in [-0.2, 0) is 4.79 Å². The molecule has 3 heteroatoms. The quantitative estimate of drug-likeness (QED) is 0.591. The van der Waals surface area contributed by atoms with Gasteiger partial charge in [-0.25, -0.2) is 0 Å². The molecule has 11 heavy (non-hydrogen) atoms. The third-order valence-corrected chi connectivity index (χ3v) is 2.04. The topological polar surface area (TPSA) is 32.3 Å². The van der Waals surface area contributed by atoms with Gasteiger partial charge in [-0.3, -0.25) is 10.2 Å². The molecule has 1 aliphatic rings. The second-order valence-corrected chi connectivity index (χ2v) is 3.11. The molecule has 1 unspecified atom stereocenters. The summed E-state index contributed by atoms with van der Waals surface area (Å²) in [7, 11) is 0. The third kappa shape index (κ3) is 2.99. The summed E-state index contributed by atoms with van der Waals surface area (Å²) in [4.78, 5) is 12.6.